The van der Waals surface area contributed by atoms with Crippen molar-refractivity contribution < 1.29 is 13.6 Å². The first-order valence-electron chi connectivity index (χ1n) is 6.35. The van der Waals surface area contributed by atoms with E-state index in [4.69, 9.17) is 5.73 Å². The van der Waals surface area contributed by atoms with Crippen LogP contribution >= 0.6 is 0 Å². The van der Waals surface area contributed by atoms with Crippen LogP contribution in [0, 0.1) is 18.6 Å². The molecule has 0 heterocycles. The SMILES string of the molecule is CC.Cc1ccc(N)cc1C(=O)c1c(F)cccc1F. The highest BCUT2D eigenvalue weighted by Gasteiger charge is 2.20. The van der Waals surface area contributed by atoms with E-state index in [1.165, 1.54) is 12.1 Å². The smallest absolute Gasteiger partial charge is 0.199 e. The molecule has 2 rings (SSSR count). The number of ketones is 1. The van der Waals surface area contributed by atoms with Crippen molar-refractivity contribution in [3.8, 4) is 0 Å². The molecule has 0 atom stereocenters. The Morgan fingerprint density at radius 3 is 2.15 bits per heavy atom. The van der Waals surface area contributed by atoms with E-state index in [0.717, 1.165) is 12.1 Å². The summed E-state index contributed by atoms with van der Waals surface area (Å²) in [7, 11) is 0. The lowest BCUT2D eigenvalue weighted by molar-refractivity contribution is 0.103. The topological polar surface area (TPSA) is 43.1 Å². The molecule has 0 aliphatic rings. The van der Waals surface area contributed by atoms with Crippen LogP contribution in [0.2, 0.25) is 0 Å². The Hall–Kier alpha value is -2.23. The fourth-order valence-electron chi connectivity index (χ4n) is 1.73. The molecule has 106 valence electrons. The molecule has 0 saturated heterocycles. The summed E-state index contributed by atoms with van der Waals surface area (Å²) in [6.07, 6.45) is 0. The van der Waals surface area contributed by atoms with Crippen molar-refractivity contribution in [1.82, 2.24) is 0 Å². The van der Waals surface area contributed by atoms with E-state index in [1.807, 2.05) is 13.8 Å². The summed E-state index contributed by atoms with van der Waals surface area (Å²) in [6, 6.07) is 8.01. The van der Waals surface area contributed by atoms with Gasteiger partial charge in [-0.2, -0.15) is 0 Å². The van der Waals surface area contributed by atoms with Crippen molar-refractivity contribution >= 4 is 11.5 Å². The molecule has 2 aromatic carbocycles. The molecule has 0 radical (unpaired) electrons. The summed E-state index contributed by atoms with van der Waals surface area (Å²) in [5, 5.41) is 0. The summed E-state index contributed by atoms with van der Waals surface area (Å²) in [6.45, 7) is 5.69. The van der Waals surface area contributed by atoms with E-state index in [1.54, 1.807) is 19.1 Å². The minimum absolute atomic E-state index is 0.207. The molecule has 0 aromatic heterocycles. The number of hydrogen-bond donors (Lipinski definition) is 1. The number of benzene rings is 2. The lowest BCUT2D eigenvalue weighted by Gasteiger charge is -2.07. The maximum absolute atomic E-state index is 13.5. The molecule has 2 nitrogen and oxygen atoms in total. The van der Waals surface area contributed by atoms with E-state index in [0.29, 0.717) is 11.3 Å². The van der Waals surface area contributed by atoms with Crippen LogP contribution in [-0.2, 0) is 0 Å². The summed E-state index contributed by atoms with van der Waals surface area (Å²) in [4.78, 5) is 12.1. The Labute approximate surface area is 117 Å². The predicted molar refractivity (Wildman–Crippen MR) is 76.7 cm³/mol. The van der Waals surface area contributed by atoms with Gasteiger partial charge < -0.3 is 5.73 Å². The molecule has 0 aliphatic carbocycles. The number of aryl methyl sites for hydroxylation is 1. The van der Waals surface area contributed by atoms with Gasteiger partial charge in [-0.05, 0) is 36.8 Å². The third kappa shape index (κ3) is 3.20. The van der Waals surface area contributed by atoms with Gasteiger partial charge in [0.2, 0.25) is 0 Å². The largest absolute Gasteiger partial charge is 0.399 e. The first-order valence-corrected chi connectivity index (χ1v) is 6.35. The number of nitrogens with two attached hydrogens (primary N) is 1. The normalized spacial score (nSPS) is 9.65. The molecule has 2 N–H and O–H groups in total. The zero-order valence-corrected chi connectivity index (χ0v) is 11.7. The number of nitrogen functional groups attached to an aromatic ring is 1. The quantitative estimate of drug-likeness (QED) is 0.663. The van der Waals surface area contributed by atoms with Gasteiger partial charge in [0.25, 0.3) is 0 Å². The van der Waals surface area contributed by atoms with Crippen molar-refractivity contribution in [1.29, 1.82) is 0 Å². The van der Waals surface area contributed by atoms with Crippen LogP contribution in [0.15, 0.2) is 36.4 Å². The Morgan fingerprint density at radius 2 is 1.60 bits per heavy atom. The predicted octanol–water partition coefficient (Wildman–Crippen LogP) is 4.11. The van der Waals surface area contributed by atoms with Crippen LogP contribution in [0.25, 0.3) is 0 Å². The second-order valence-electron chi connectivity index (χ2n) is 4.00. The zero-order valence-electron chi connectivity index (χ0n) is 11.7. The third-order valence-corrected chi connectivity index (χ3v) is 2.70. The van der Waals surface area contributed by atoms with Gasteiger partial charge in [-0.1, -0.05) is 26.0 Å². The first kappa shape index (κ1) is 15.8. The lowest BCUT2D eigenvalue weighted by Crippen LogP contribution is -2.09. The molecule has 0 amide bonds. The van der Waals surface area contributed by atoms with Gasteiger partial charge in [-0.25, -0.2) is 8.78 Å². The molecule has 0 spiro atoms. The van der Waals surface area contributed by atoms with Gasteiger partial charge in [0.1, 0.15) is 11.6 Å². The summed E-state index contributed by atoms with van der Waals surface area (Å²) >= 11 is 0. The second-order valence-corrected chi connectivity index (χ2v) is 4.00. The van der Waals surface area contributed by atoms with Crippen molar-refractivity contribution in [3.05, 3.63) is 64.7 Å². The maximum atomic E-state index is 13.5. The summed E-state index contributed by atoms with van der Waals surface area (Å²) in [5.41, 5.74) is 6.24. The minimum Gasteiger partial charge on any atom is -0.399 e. The average molecular weight is 277 g/mol. The van der Waals surface area contributed by atoms with Crippen molar-refractivity contribution in [2.75, 3.05) is 5.73 Å². The van der Waals surface area contributed by atoms with E-state index in [2.05, 4.69) is 0 Å². The number of halogens is 2. The molecule has 0 saturated carbocycles. The first-order chi connectivity index (χ1) is 9.50. The molecule has 4 heteroatoms. The monoisotopic (exact) mass is 277 g/mol. The number of anilines is 1. The van der Waals surface area contributed by atoms with Gasteiger partial charge in [-0.15, -0.1) is 0 Å². The van der Waals surface area contributed by atoms with E-state index >= 15 is 0 Å². The zero-order chi connectivity index (χ0) is 15.3. The Morgan fingerprint density at radius 1 is 1.05 bits per heavy atom. The van der Waals surface area contributed by atoms with E-state index in [9.17, 15) is 13.6 Å². The van der Waals surface area contributed by atoms with E-state index < -0.39 is 23.0 Å². The Kier molecular flexibility index (Phi) is 5.38. The maximum Gasteiger partial charge on any atom is 0.199 e. The summed E-state index contributed by atoms with van der Waals surface area (Å²) in [5.74, 6) is -2.45. The third-order valence-electron chi connectivity index (χ3n) is 2.70. The fourth-order valence-corrected chi connectivity index (χ4v) is 1.73. The van der Waals surface area contributed by atoms with Crippen molar-refractivity contribution in [3.63, 3.8) is 0 Å². The highest BCUT2D eigenvalue weighted by atomic mass is 19.1. The van der Waals surface area contributed by atoms with Gasteiger partial charge in [-0.3, -0.25) is 4.79 Å². The highest BCUT2D eigenvalue weighted by molar-refractivity contribution is 6.10. The molecule has 0 aliphatic heterocycles. The van der Waals surface area contributed by atoms with Crippen LogP contribution in [0.3, 0.4) is 0 Å². The van der Waals surface area contributed by atoms with Crippen LogP contribution in [0.5, 0.6) is 0 Å². The van der Waals surface area contributed by atoms with Gasteiger partial charge in [0.15, 0.2) is 5.78 Å². The van der Waals surface area contributed by atoms with Crippen LogP contribution in [-0.4, -0.2) is 5.78 Å². The Bertz CT molecular complexity index is 604. The number of carbonyl (C=O) groups is 1. The average Bonchev–Trinajstić information content (AvgIpc) is 2.43. The number of hydrogen-bond acceptors (Lipinski definition) is 2. The van der Waals surface area contributed by atoms with Crippen LogP contribution in [0.4, 0.5) is 14.5 Å². The van der Waals surface area contributed by atoms with Crippen molar-refractivity contribution in [2.45, 2.75) is 20.8 Å². The Balaban J connectivity index is 0.000000956. The van der Waals surface area contributed by atoms with Gasteiger partial charge in [0, 0.05) is 11.3 Å². The molecule has 0 unspecified atom stereocenters. The molecular weight excluding hydrogens is 260 g/mol. The number of carbonyl (C=O) groups excluding carboxylic acids is 1. The second kappa shape index (κ2) is 6.80. The van der Waals surface area contributed by atoms with Crippen LogP contribution in [0.1, 0.15) is 35.3 Å². The van der Waals surface area contributed by atoms with Gasteiger partial charge >= 0.3 is 0 Å². The molecule has 20 heavy (non-hydrogen) atoms. The van der Waals surface area contributed by atoms with Gasteiger partial charge in [0.05, 0.1) is 5.56 Å². The number of rotatable bonds is 2. The fraction of sp³-hybridized carbons (Fsp3) is 0.188. The molecule has 0 fully saturated rings. The summed E-state index contributed by atoms with van der Waals surface area (Å²) < 4.78 is 27.1. The highest BCUT2D eigenvalue weighted by Crippen LogP contribution is 2.21. The standard InChI is InChI=1S/C14H11F2NO.C2H6/c1-8-5-6-9(17)7-10(8)14(18)13-11(15)3-2-4-12(13)16;1-2/h2-7H,17H2,1H3;1-2H3. The molecular formula is C16H17F2NO. The minimum atomic E-state index is -0.873. The molecule has 0 bridgehead atoms. The van der Waals surface area contributed by atoms with Crippen LogP contribution < -0.4 is 5.73 Å². The van der Waals surface area contributed by atoms with Crippen molar-refractivity contribution in [2.24, 2.45) is 0 Å². The molecule has 2 aromatic rings. The van der Waals surface area contributed by atoms with E-state index in [-0.39, 0.29) is 5.56 Å². The lowest BCUT2D eigenvalue weighted by atomic mass is 9.98.